The maximum atomic E-state index is 12.8. The highest BCUT2D eigenvalue weighted by Crippen LogP contribution is 2.28. The van der Waals surface area contributed by atoms with Crippen LogP contribution >= 0.6 is 0 Å². The number of ether oxygens (including phenoxy) is 3. The Morgan fingerprint density at radius 1 is 0.852 bits per heavy atom. The molecule has 0 spiro atoms. The molecule has 3 rings (SSSR count). The highest BCUT2D eigenvalue weighted by atomic mass is 16.5. The van der Waals surface area contributed by atoms with Crippen LogP contribution in [-0.2, 0) is 6.54 Å². The molecule has 1 aliphatic rings. The van der Waals surface area contributed by atoms with Gasteiger partial charge in [-0.2, -0.15) is 0 Å². The quantitative estimate of drug-likeness (QED) is 0.783. The highest BCUT2D eigenvalue weighted by molar-refractivity contribution is 5.95. The molecule has 1 heterocycles. The lowest BCUT2D eigenvalue weighted by molar-refractivity contribution is 0.0628. The maximum absolute atomic E-state index is 12.8. The van der Waals surface area contributed by atoms with Crippen LogP contribution < -0.4 is 14.2 Å². The fraction of sp³-hybridized carbons (Fsp3) is 0.381. The number of carbonyl (C=O) groups excluding carboxylic acids is 1. The average Bonchev–Trinajstić information content (AvgIpc) is 2.73. The summed E-state index contributed by atoms with van der Waals surface area (Å²) in [6.45, 7) is 4.01. The van der Waals surface area contributed by atoms with E-state index in [1.807, 2.05) is 17.0 Å². The maximum Gasteiger partial charge on any atom is 0.254 e. The second-order valence-electron chi connectivity index (χ2n) is 6.49. The minimum atomic E-state index is 0.0278. The highest BCUT2D eigenvalue weighted by Gasteiger charge is 2.23. The van der Waals surface area contributed by atoms with E-state index in [1.54, 1.807) is 39.5 Å². The first-order valence-electron chi connectivity index (χ1n) is 9.01. The summed E-state index contributed by atoms with van der Waals surface area (Å²) in [5.41, 5.74) is 1.87. The summed E-state index contributed by atoms with van der Waals surface area (Å²) in [6, 6.07) is 13.4. The number of nitrogens with zero attached hydrogens (tertiary/aromatic N) is 2. The van der Waals surface area contributed by atoms with E-state index in [-0.39, 0.29) is 5.91 Å². The minimum absolute atomic E-state index is 0.0278. The fourth-order valence-electron chi connectivity index (χ4n) is 3.25. The van der Waals surface area contributed by atoms with Crippen LogP contribution in [0.2, 0.25) is 0 Å². The molecule has 2 aromatic rings. The van der Waals surface area contributed by atoms with Crippen molar-refractivity contribution in [3.63, 3.8) is 0 Å². The van der Waals surface area contributed by atoms with E-state index in [1.165, 1.54) is 5.56 Å². The third-order valence-corrected chi connectivity index (χ3v) is 4.86. The molecule has 6 nitrogen and oxygen atoms in total. The van der Waals surface area contributed by atoms with Crippen molar-refractivity contribution in [3.05, 3.63) is 53.6 Å². The van der Waals surface area contributed by atoms with Gasteiger partial charge in [0.1, 0.15) is 5.75 Å². The van der Waals surface area contributed by atoms with Gasteiger partial charge in [0.05, 0.1) is 21.3 Å². The zero-order valence-corrected chi connectivity index (χ0v) is 16.1. The number of amides is 1. The van der Waals surface area contributed by atoms with Crippen LogP contribution in [0.1, 0.15) is 15.9 Å². The third kappa shape index (κ3) is 4.52. The topological polar surface area (TPSA) is 51.2 Å². The Hall–Kier alpha value is -2.73. The van der Waals surface area contributed by atoms with E-state index in [2.05, 4.69) is 17.0 Å². The molecule has 0 radical (unpaired) electrons. The van der Waals surface area contributed by atoms with E-state index in [4.69, 9.17) is 14.2 Å². The van der Waals surface area contributed by atoms with Gasteiger partial charge in [-0.3, -0.25) is 9.69 Å². The Bertz CT molecular complexity index is 768. The molecule has 0 aromatic heterocycles. The zero-order chi connectivity index (χ0) is 19.2. The van der Waals surface area contributed by atoms with Gasteiger partial charge in [-0.25, -0.2) is 0 Å². The predicted molar refractivity (Wildman–Crippen MR) is 104 cm³/mol. The van der Waals surface area contributed by atoms with Crippen LogP contribution in [0.4, 0.5) is 0 Å². The van der Waals surface area contributed by atoms with E-state index in [9.17, 15) is 4.79 Å². The monoisotopic (exact) mass is 370 g/mol. The molecule has 1 amide bonds. The predicted octanol–water partition coefficient (Wildman–Crippen LogP) is 2.67. The van der Waals surface area contributed by atoms with E-state index < -0.39 is 0 Å². The molecular formula is C21H26N2O4. The molecule has 1 saturated heterocycles. The number of benzene rings is 2. The van der Waals surface area contributed by atoms with E-state index >= 15 is 0 Å². The third-order valence-electron chi connectivity index (χ3n) is 4.86. The van der Waals surface area contributed by atoms with Crippen molar-refractivity contribution in [3.8, 4) is 17.2 Å². The van der Waals surface area contributed by atoms with Gasteiger partial charge in [0.15, 0.2) is 11.5 Å². The standard InChI is InChI=1S/C21H26N2O4/c1-25-18-7-4-16(5-8-18)15-22-10-12-23(13-11-22)21(24)17-6-9-19(26-2)20(14-17)27-3/h4-9,14H,10-13,15H2,1-3H3. The first kappa shape index (κ1) is 19.0. The molecule has 6 heteroatoms. The molecule has 1 aliphatic heterocycles. The van der Waals surface area contributed by atoms with Gasteiger partial charge < -0.3 is 19.1 Å². The summed E-state index contributed by atoms with van der Waals surface area (Å²) >= 11 is 0. The Kier molecular flexibility index (Phi) is 6.19. The molecule has 1 fully saturated rings. The first-order chi connectivity index (χ1) is 13.1. The Balaban J connectivity index is 1.57. The number of piperazine rings is 1. The van der Waals surface area contributed by atoms with Crippen LogP contribution in [0.25, 0.3) is 0 Å². The Labute approximate surface area is 160 Å². The van der Waals surface area contributed by atoms with E-state index in [0.29, 0.717) is 30.2 Å². The number of rotatable bonds is 6. The molecule has 2 aromatic carbocycles. The lowest BCUT2D eigenvalue weighted by Gasteiger charge is -2.34. The molecule has 0 aliphatic carbocycles. The van der Waals surface area contributed by atoms with Crippen molar-refractivity contribution >= 4 is 5.91 Å². The molecule has 0 N–H and O–H groups in total. The van der Waals surface area contributed by atoms with Crippen LogP contribution in [0, 0.1) is 0 Å². The zero-order valence-electron chi connectivity index (χ0n) is 16.1. The number of hydrogen-bond donors (Lipinski definition) is 0. The largest absolute Gasteiger partial charge is 0.497 e. The Morgan fingerprint density at radius 2 is 1.52 bits per heavy atom. The summed E-state index contributed by atoms with van der Waals surface area (Å²) in [7, 11) is 4.83. The molecular weight excluding hydrogens is 344 g/mol. The molecule has 144 valence electrons. The summed E-state index contributed by atoms with van der Waals surface area (Å²) < 4.78 is 15.7. The summed E-state index contributed by atoms with van der Waals surface area (Å²) in [6.07, 6.45) is 0. The number of methoxy groups -OCH3 is 3. The average molecular weight is 370 g/mol. The van der Waals surface area contributed by atoms with Gasteiger partial charge in [-0.1, -0.05) is 12.1 Å². The van der Waals surface area contributed by atoms with Gasteiger partial charge in [0, 0.05) is 38.3 Å². The van der Waals surface area contributed by atoms with Gasteiger partial charge in [-0.05, 0) is 35.9 Å². The SMILES string of the molecule is COc1ccc(CN2CCN(C(=O)c3ccc(OC)c(OC)c3)CC2)cc1. The van der Waals surface area contributed by atoms with Gasteiger partial charge in [0.25, 0.3) is 5.91 Å². The van der Waals surface area contributed by atoms with E-state index in [0.717, 1.165) is 25.4 Å². The normalized spacial score (nSPS) is 14.7. The van der Waals surface area contributed by atoms with Crippen LogP contribution in [0.5, 0.6) is 17.2 Å². The Morgan fingerprint density at radius 3 is 2.11 bits per heavy atom. The lowest BCUT2D eigenvalue weighted by Crippen LogP contribution is -2.48. The summed E-state index contributed by atoms with van der Waals surface area (Å²) in [5.74, 6) is 2.09. The van der Waals surface area contributed by atoms with Gasteiger partial charge in [0.2, 0.25) is 0 Å². The number of carbonyl (C=O) groups is 1. The van der Waals surface area contributed by atoms with Crippen LogP contribution in [0.3, 0.4) is 0 Å². The van der Waals surface area contributed by atoms with Crippen molar-refractivity contribution in [2.75, 3.05) is 47.5 Å². The summed E-state index contributed by atoms with van der Waals surface area (Å²) in [4.78, 5) is 17.1. The van der Waals surface area contributed by atoms with Crippen LogP contribution in [-0.4, -0.2) is 63.2 Å². The van der Waals surface area contributed by atoms with Crippen LogP contribution in [0.15, 0.2) is 42.5 Å². The first-order valence-corrected chi connectivity index (χ1v) is 9.01. The van der Waals surface area contributed by atoms with Crippen molar-refractivity contribution in [1.29, 1.82) is 0 Å². The number of hydrogen-bond acceptors (Lipinski definition) is 5. The molecule has 0 bridgehead atoms. The van der Waals surface area contributed by atoms with Crippen molar-refractivity contribution in [2.45, 2.75) is 6.54 Å². The molecule has 27 heavy (non-hydrogen) atoms. The van der Waals surface area contributed by atoms with Crippen molar-refractivity contribution in [1.82, 2.24) is 9.80 Å². The second kappa shape index (κ2) is 8.77. The van der Waals surface area contributed by atoms with Gasteiger partial charge in [-0.15, -0.1) is 0 Å². The van der Waals surface area contributed by atoms with Gasteiger partial charge >= 0.3 is 0 Å². The second-order valence-corrected chi connectivity index (χ2v) is 6.49. The summed E-state index contributed by atoms with van der Waals surface area (Å²) in [5, 5.41) is 0. The molecule has 0 atom stereocenters. The minimum Gasteiger partial charge on any atom is -0.497 e. The lowest BCUT2D eigenvalue weighted by atomic mass is 10.1. The smallest absolute Gasteiger partial charge is 0.254 e. The molecule has 0 saturated carbocycles. The molecule has 0 unspecified atom stereocenters. The fourth-order valence-corrected chi connectivity index (χ4v) is 3.25. The van der Waals surface area contributed by atoms with Crippen molar-refractivity contribution < 1.29 is 19.0 Å². The van der Waals surface area contributed by atoms with Crippen molar-refractivity contribution in [2.24, 2.45) is 0 Å².